The van der Waals surface area contributed by atoms with E-state index in [1.165, 1.54) is 26.4 Å². The van der Waals surface area contributed by atoms with E-state index in [4.69, 9.17) is 9.47 Å². The summed E-state index contributed by atoms with van der Waals surface area (Å²) in [5, 5.41) is 0. The van der Waals surface area contributed by atoms with Gasteiger partial charge < -0.3 is 14.5 Å². The van der Waals surface area contributed by atoms with Gasteiger partial charge in [-0.15, -0.1) is 0 Å². The number of aromatic nitrogens is 1. The average Bonchev–Trinajstić information content (AvgIpc) is 2.93. The number of benzene rings is 2. The van der Waals surface area contributed by atoms with Crippen molar-refractivity contribution in [3.05, 3.63) is 46.1 Å². The monoisotopic (exact) mass is 366 g/mol. The van der Waals surface area contributed by atoms with Crippen LogP contribution in [-0.2, 0) is 10.0 Å². The minimum atomic E-state index is -3.89. The smallest absolute Gasteiger partial charge is 0.305 e. The Labute approximate surface area is 141 Å². The Bertz CT molecular complexity index is 1050. The number of H-pyrrole nitrogens is 1. The lowest BCUT2D eigenvalue weighted by atomic mass is 10.3. The molecule has 3 aromatic rings. The van der Waals surface area contributed by atoms with E-state index in [2.05, 4.69) is 9.71 Å². The molecule has 0 amide bonds. The summed E-state index contributed by atoms with van der Waals surface area (Å²) in [4.78, 5) is 13.8. The number of hydrogen-bond donors (Lipinski definition) is 2. The number of fused-ring (bicyclic) bond motifs is 1. The lowest BCUT2D eigenvalue weighted by molar-refractivity contribution is 0.392. The van der Waals surface area contributed by atoms with Gasteiger partial charge in [0.25, 0.3) is 10.0 Å². The zero-order valence-electron chi connectivity index (χ0n) is 12.8. The number of aromatic amines is 1. The molecule has 0 unspecified atom stereocenters. The number of methoxy groups -OCH3 is 2. The van der Waals surface area contributed by atoms with Gasteiger partial charge in [0.2, 0.25) is 0 Å². The van der Waals surface area contributed by atoms with Gasteiger partial charge in [-0.2, -0.15) is 0 Å². The van der Waals surface area contributed by atoms with Crippen molar-refractivity contribution in [2.24, 2.45) is 0 Å². The van der Waals surface area contributed by atoms with Gasteiger partial charge in [-0.05, 0) is 30.3 Å². The highest BCUT2D eigenvalue weighted by Crippen LogP contribution is 2.30. The second kappa shape index (κ2) is 6.17. The van der Waals surface area contributed by atoms with Crippen LogP contribution in [-0.4, -0.2) is 27.6 Å². The maximum atomic E-state index is 12.7. The van der Waals surface area contributed by atoms with Gasteiger partial charge in [0.1, 0.15) is 16.4 Å². The van der Waals surface area contributed by atoms with E-state index in [0.29, 0.717) is 21.7 Å². The fourth-order valence-electron chi connectivity index (χ4n) is 2.21. The van der Waals surface area contributed by atoms with Gasteiger partial charge in [0.05, 0.1) is 30.1 Å². The zero-order chi connectivity index (χ0) is 17.3. The van der Waals surface area contributed by atoms with E-state index < -0.39 is 10.0 Å². The summed E-state index contributed by atoms with van der Waals surface area (Å²) >= 11 is 1.01. The van der Waals surface area contributed by atoms with Crippen LogP contribution >= 0.6 is 11.3 Å². The maximum absolute atomic E-state index is 12.7. The second-order valence-electron chi connectivity index (χ2n) is 4.85. The number of anilines is 1. The highest BCUT2D eigenvalue weighted by molar-refractivity contribution is 7.92. The quantitative estimate of drug-likeness (QED) is 0.723. The first-order chi connectivity index (χ1) is 11.4. The summed E-state index contributed by atoms with van der Waals surface area (Å²) in [6.07, 6.45) is 0. The predicted octanol–water partition coefficient (Wildman–Crippen LogP) is 2.41. The lowest BCUT2D eigenvalue weighted by Gasteiger charge is -2.12. The molecule has 2 aromatic carbocycles. The number of hydrogen-bond acceptors (Lipinski definition) is 6. The van der Waals surface area contributed by atoms with Crippen molar-refractivity contribution >= 4 is 37.3 Å². The van der Waals surface area contributed by atoms with E-state index in [9.17, 15) is 13.2 Å². The predicted molar refractivity (Wildman–Crippen MR) is 92.8 cm³/mol. The summed E-state index contributed by atoms with van der Waals surface area (Å²) in [5.41, 5.74) is 1.01. The molecule has 0 aliphatic rings. The lowest BCUT2D eigenvalue weighted by Crippen LogP contribution is -2.14. The first-order valence-corrected chi connectivity index (χ1v) is 9.10. The first-order valence-electron chi connectivity index (χ1n) is 6.80. The molecule has 1 aromatic heterocycles. The summed E-state index contributed by atoms with van der Waals surface area (Å²) in [7, 11) is -1.04. The molecule has 0 spiro atoms. The van der Waals surface area contributed by atoms with Crippen LogP contribution in [0, 0.1) is 0 Å². The van der Waals surface area contributed by atoms with E-state index in [-0.39, 0.29) is 15.5 Å². The Morgan fingerprint density at radius 3 is 2.58 bits per heavy atom. The minimum Gasteiger partial charge on any atom is -0.497 e. The van der Waals surface area contributed by atoms with Crippen LogP contribution in [0.2, 0.25) is 0 Å². The Kier molecular flexibility index (Phi) is 4.20. The van der Waals surface area contributed by atoms with Gasteiger partial charge in [0, 0.05) is 6.07 Å². The van der Waals surface area contributed by atoms with Gasteiger partial charge in [-0.3, -0.25) is 9.52 Å². The molecule has 1 heterocycles. The number of ether oxygens (including phenoxy) is 2. The summed E-state index contributed by atoms with van der Waals surface area (Å²) in [5.74, 6) is 0.603. The maximum Gasteiger partial charge on any atom is 0.305 e. The molecule has 0 aliphatic heterocycles. The van der Waals surface area contributed by atoms with Gasteiger partial charge in [-0.1, -0.05) is 11.3 Å². The van der Waals surface area contributed by atoms with E-state index in [1.54, 1.807) is 24.3 Å². The van der Waals surface area contributed by atoms with Gasteiger partial charge >= 0.3 is 4.87 Å². The second-order valence-corrected chi connectivity index (χ2v) is 7.51. The third-order valence-electron chi connectivity index (χ3n) is 3.33. The molecular formula is C15H14N2O5S2. The van der Waals surface area contributed by atoms with E-state index in [1.807, 2.05) is 0 Å². The number of thiazole rings is 1. The molecule has 2 N–H and O–H groups in total. The fraction of sp³-hybridized carbons (Fsp3) is 0.133. The molecule has 0 atom stereocenters. The van der Waals surface area contributed by atoms with Crippen molar-refractivity contribution in [2.45, 2.75) is 4.90 Å². The topological polar surface area (TPSA) is 97.5 Å². The summed E-state index contributed by atoms with van der Waals surface area (Å²) < 4.78 is 38.7. The highest BCUT2D eigenvalue weighted by Gasteiger charge is 2.21. The van der Waals surface area contributed by atoms with Crippen molar-refractivity contribution in [1.29, 1.82) is 0 Å². The van der Waals surface area contributed by atoms with Crippen molar-refractivity contribution in [3.63, 3.8) is 0 Å². The Morgan fingerprint density at radius 1 is 1.08 bits per heavy atom. The Morgan fingerprint density at radius 2 is 1.88 bits per heavy atom. The first kappa shape index (κ1) is 16.3. The van der Waals surface area contributed by atoms with Crippen molar-refractivity contribution in [2.75, 3.05) is 18.9 Å². The van der Waals surface area contributed by atoms with Crippen molar-refractivity contribution in [1.82, 2.24) is 4.98 Å². The van der Waals surface area contributed by atoms with Crippen LogP contribution < -0.4 is 19.1 Å². The third-order valence-corrected chi connectivity index (χ3v) is 5.58. The SMILES string of the molecule is COc1ccc(OC)c(S(=O)(=O)Nc2ccc3[nH]c(=O)sc3c2)c1. The van der Waals surface area contributed by atoms with E-state index in [0.717, 1.165) is 11.3 Å². The molecule has 0 bridgehead atoms. The van der Waals surface area contributed by atoms with Gasteiger partial charge in [0.15, 0.2) is 0 Å². The standard InChI is InChI=1S/C15H14N2O5S2/c1-21-10-4-6-12(22-2)14(8-10)24(19,20)17-9-3-5-11-13(7-9)23-15(18)16-11/h3-8,17H,1-2H3,(H,16,18). The van der Waals surface area contributed by atoms with Crippen LogP contribution in [0.4, 0.5) is 5.69 Å². The fourth-order valence-corrected chi connectivity index (χ4v) is 4.22. The van der Waals surface area contributed by atoms with Crippen LogP contribution in [0.3, 0.4) is 0 Å². The summed E-state index contributed by atoms with van der Waals surface area (Å²) in [6.45, 7) is 0. The molecule has 0 saturated carbocycles. The van der Waals surface area contributed by atoms with Crippen molar-refractivity contribution < 1.29 is 17.9 Å². The Balaban J connectivity index is 2.02. The molecule has 0 saturated heterocycles. The molecule has 0 aliphatic carbocycles. The number of sulfonamides is 1. The van der Waals surface area contributed by atoms with Crippen LogP contribution in [0.25, 0.3) is 10.2 Å². The minimum absolute atomic E-state index is 0.0355. The van der Waals surface area contributed by atoms with Crippen molar-refractivity contribution in [3.8, 4) is 11.5 Å². The molecule has 0 fully saturated rings. The largest absolute Gasteiger partial charge is 0.497 e. The molecule has 24 heavy (non-hydrogen) atoms. The summed E-state index contributed by atoms with van der Waals surface area (Å²) in [6, 6.07) is 9.34. The zero-order valence-corrected chi connectivity index (χ0v) is 14.5. The average molecular weight is 366 g/mol. The number of rotatable bonds is 5. The molecular weight excluding hydrogens is 352 g/mol. The van der Waals surface area contributed by atoms with Crippen LogP contribution in [0.15, 0.2) is 46.1 Å². The van der Waals surface area contributed by atoms with E-state index >= 15 is 0 Å². The van der Waals surface area contributed by atoms with Gasteiger partial charge in [-0.25, -0.2) is 8.42 Å². The molecule has 126 valence electrons. The van der Waals surface area contributed by atoms with Crippen LogP contribution in [0.5, 0.6) is 11.5 Å². The highest BCUT2D eigenvalue weighted by atomic mass is 32.2. The van der Waals surface area contributed by atoms with Crippen LogP contribution in [0.1, 0.15) is 0 Å². The molecule has 0 radical (unpaired) electrons. The molecule has 7 nitrogen and oxygen atoms in total. The number of nitrogens with one attached hydrogen (secondary N) is 2. The Hall–Kier alpha value is -2.52. The molecule has 3 rings (SSSR count). The molecule has 9 heteroatoms. The normalized spacial score (nSPS) is 11.4. The third kappa shape index (κ3) is 3.08.